The van der Waals surface area contributed by atoms with Gasteiger partial charge in [-0.25, -0.2) is 8.42 Å². The number of fused-ring (bicyclic) bond motifs is 1. The maximum Gasteiger partial charge on any atom is 0.147 e. The van der Waals surface area contributed by atoms with E-state index in [4.69, 9.17) is 0 Å². The molecule has 0 unspecified atom stereocenters. The number of aromatic nitrogens is 1. The Morgan fingerprint density at radius 3 is 2.89 bits per heavy atom. The van der Waals surface area contributed by atoms with Gasteiger partial charge in [0.25, 0.3) is 0 Å². The molecule has 0 radical (unpaired) electrons. The van der Waals surface area contributed by atoms with Gasteiger partial charge in [0.1, 0.15) is 9.84 Å². The molecule has 4 nitrogen and oxygen atoms in total. The number of H-pyrrole nitrogens is 1. The second-order valence-corrected chi connectivity index (χ2v) is 6.82. The van der Waals surface area contributed by atoms with Crippen LogP contribution in [0.5, 0.6) is 0 Å². The van der Waals surface area contributed by atoms with Crippen molar-refractivity contribution >= 4 is 20.7 Å². The molecule has 5 heteroatoms. The van der Waals surface area contributed by atoms with Crippen molar-refractivity contribution in [3.63, 3.8) is 0 Å². The van der Waals surface area contributed by atoms with Gasteiger partial charge in [-0.1, -0.05) is 6.07 Å². The summed E-state index contributed by atoms with van der Waals surface area (Å²) in [6.45, 7) is 1.49. The maximum absolute atomic E-state index is 10.9. The summed E-state index contributed by atoms with van der Waals surface area (Å²) in [5.41, 5.74) is 2.34. The van der Waals surface area contributed by atoms with Crippen molar-refractivity contribution in [2.75, 3.05) is 18.6 Å². The van der Waals surface area contributed by atoms with Crippen molar-refractivity contribution in [3.8, 4) is 0 Å². The smallest absolute Gasteiger partial charge is 0.147 e. The van der Waals surface area contributed by atoms with E-state index >= 15 is 0 Å². The molecule has 0 fully saturated rings. The minimum absolute atomic E-state index is 0.247. The highest BCUT2D eigenvalue weighted by Gasteiger charge is 2.01. The first-order chi connectivity index (χ1) is 8.54. The number of hydrogen-bond acceptors (Lipinski definition) is 3. The van der Waals surface area contributed by atoms with Gasteiger partial charge < -0.3 is 10.3 Å². The highest BCUT2D eigenvalue weighted by molar-refractivity contribution is 7.90. The van der Waals surface area contributed by atoms with Gasteiger partial charge in [-0.05, 0) is 42.1 Å². The zero-order valence-electron chi connectivity index (χ0n) is 10.4. The Kier molecular flexibility index (Phi) is 4.04. The molecule has 0 aliphatic carbocycles. The molecule has 0 aliphatic heterocycles. The third-order valence-electron chi connectivity index (χ3n) is 2.82. The van der Waals surface area contributed by atoms with Crippen LogP contribution in [0, 0.1) is 0 Å². The van der Waals surface area contributed by atoms with E-state index < -0.39 is 9.84 Å². The zero-order chi connectivity index (χ0) is 13.0. The van der Waals surface area contributed by atoms with Gasteiger partial charge in [-0.2, -0.15) is 0 Å². The minimum atomic E-state index is -2.83. The summed E-state index contributed by atoms with van der Waals surface area (Å²) in [6, 6.07) is 8.31. The van der Waals surface area contributed by atoms with E-state index in [0.29, 0.717) is 6.42 Å². The molecule has 0 bridgehead atoms. The maximum atomic E-state index is 10.9. The minimum Gasteiger partial charge on any atom is -0.361 e. The molecular formula is C13H18N2O2S. The van der Waals surface area contributed by atoms with Crippen molar-refractivity contribution in [1.29, 1.82) is 0 Å². The lowest BCUT2D eigenvalue weighted by molar-refractivity contribution is 0.594. The van der Waals surface area contributed by atoms with E-state index in [9.17, 15) is 8.42 Å². The van der Waals surface area contributed by atoms with E-state index in [2.05, 4.69) is 28.5 Å². The molecule has 98 valence electrons. The van der Waals surface area contributed by atoms with Crippen LogP contribution in [0.2, 0.25) is 0 Å². The van der Waals surface area contributed by atoms with Crippen LogP contribution >= 0.6 is 0 Å². The molecule has 2 aromatic rings. The Labute approximate surface area is 107 Å². The van der Waals surface area contributed by atoms with Gasteiger partial charge in [-0.15, -0.1) is 0 Å². The fourth-order valence-electron chi connectivity index (χ4n) is 1.90. The molecule has 0 atom stereocenters. The second kappa shape index (κ2) is 5.54. The molecule has 0 saturated heterocycles. The van der Waals surface area contributed by atoms with E-state index in [1.54, 1.807) is 0 Å². The number of nitrogens with one attached hydrogen (secondary N) is 2. The summed E-state index contributed by atoms with van der Waals surface area (Å²) < 4.78 is 21.9. The summed E-state index contributed by atoms with van der Waals surface area (Å²) in [7, 11) is -2.83. The van der Waals surface area contributed by atoms with Gasteiger partial charge in [0.15, 0.2) is 0 Å². The Morgan fingerprint density at radius 1 is 1.28 bits per heavy atom. The van der Waals surface area contributed by atoms with Gasteiger partial charge >= 0.3 is 0 Å². The van der Waals surface area contributed by atoms with Crippen molar-refractivity contribution in [3.05, 3.63) is 36.0 Å². The van der Waals surface area contributed by atoms with Gasteiger partial charge in [0.2, 0.25) is 0 Å². The first-order valence-electron chi connectivity index (χ1n) is 5.99. The van der Waals surface area contributed by atoms with Gasteiger partial charge in [-0.3, -0.25) is 0 Å². The van der Waals surface area contributed by atoms with Gasteiger partial charge in [0.05, 0.1) is 5.75 Å². The summed E-state index contributed by atoms with van der Waals surface area (Å²) in [6.07, 6.45) is 3.85. The molecule has 2 rings (SSSR count). The van der Waals surface area contributed by atoms with Crippen LogP contribution in [0.4, 0.5) is 0 Å². The van der Waals surface area contributed by atoms with E-state index in [-0.39, 0.29) is 5.75 Å². The SMILES string of the molecule is CS(=O)(=O)CCCNCc1ccc2[nH]ccc2c1. The largest absolute Gasteiger partial charge is 0.361 e. The summed E-state index contributed by atoms with van der Waals surface area (Å²) >= 11 is 0. The second-order valence-electron chi connectivity index (χ2n) is 4.56. The third-order valence-corrected chi connectivity index (χ3v) is 3.85. The van der Waals surface area contributed by atoms with Crippen LogP contribution in [-0.4, -0.2) is 32.0 Å². The number of rotatable bonds is 6. The van der Waals surface area contributed by atoms with Crippen molar-refractivity contribution < 1.29 is 8.42 Å². The Balaban J connectivity index is 1.79. The lowest BCUT2D eigenvalue weighted by Gasteiger charge is -2.04. The number of aromatic amines is 1. The number of benzene rings is 1. The van der Waals surface area contributed by atoms with E-state index in [1.165, 1.54) is 17.2 Å². The van der Waals surface area contributed by atoms with Crippen LogP contribution in [0.3, 0.4) is 0 Å². The summed E-state index contributed by atoms with van der Waals surface area (Å²) in [5.74, 6) is 0.247. The van der Waals surface area contributed by atoms with Crippen molar-refractivity contribution in [1.82, 2.24) is 10.3 Å². The van der Waals surface area contributed by atoms with Crippen molar-refractivity contribution in [2.24, 2.45) is 0 Å². The summed E-state index contributed by atoms with van der Waals surface area (Å²) in [4.78, 5) is 3.15. The van der Waals surface area contributed by atoms with Crippen LogP contribution < -0.4 is 5.32 Å². The molecule has 0 aliphatic rings. The highest BCUT2D eigenvalue weighted by Crippen LogP contribution is 2.13. The number of sulfone groups is 1. The van der Waals surface area contributed by atoms with E-state index in [0.717, 1.165) is 18.6 Å². The Bertz CT molecular complexity index is 617. The third kappa shape index (κ3) is 3.85. The quantitative estimate of drug-likeness (QED) is 0.782. The predicted molar refractivity (Wildman–Crippen MR) is 74.3 cm³/mol. The molecule has 1 aromatic carbocycles. The summed E-state index contributed by atoms with van der Waals surface area (Å²) in [5, 5.41) is 4.46. The molecule has 1 heterocycles. The fraction of sp³-hybridized carbons (Fsp3) is 0.385. The van der Waals surface area contributed by atoms with Crippen LogP contribution in [0.1, 0.15) is 12.0 Å². The van der Waals surface area contributed by atoms with E-state index in [1.807, 2.05) is 12.3 Å². The predicted octanol–water partition coefficient (Wildman–Crippen LogP) is 1.69. The van der Waals surface area contributed by atoms with Crippen LogP contribution in [0.25, 0.3) is 10.9 Å². The molecule has 1 aromatic heterocycles. The Morgan fingerprint density at radius 2 is 2.11 bits per heavy atom. The topological polar surface area (TPSA) is 62.0 Å². The number of hydrogen-bond donors (Lipinski definition) is 2. The molecular weight excluding hydrogens is 248 g/mol. The average Bonchev–Trinajstić information content (AvgIpc) is 2.74. The van der Waals surface area contributed by atoms with Gasteiger partial charge in [0, 0.05) is 24.5 Å². The normalized spacial score (nSPS) is 12.1. The first-order valence-corrected chi connectivity index (χ1v) is 8.05. The molecule has 0 amide bonds. The molecule has 0 saturated carbocycles. The molecule has 0 spiro atoms. The van der Waals surface area contributed by atoms with Crippen LogP contribution in [-0.2, 0) is 16.4 Å². The van der Waals surface area contributed by atoms with Crippen LogP contribution in [0.15, 0.2) is 30.5 Å². The average molecular weight is 266 g/mol. The van der Waals surface area contributed by atoms with Crippen molar-refractivity contribution in [2.45, 2.75) is 13.0 Å². The Hall–Kier alpha value is -1.33. The molecule has 18 heavy (non-hydrogen) atoms. The first kappa shape index (κ1) is 13.1. The fourth-order valence-corrected chi connectivity index (χ4v) is 2.57. The lowest BCUT2D eigenvalue weighted by Crippen LogP contribution is -2.17. The monoisotopic (exact) mass is 266 g/mol. The molecule has 2 N–H and O–H groups in total. The highest BCUT2D eigenvalue weighted by atomic mass is 32.2. The zero-order valence-corrected chi connectivity index (χ0v) is 11.3. The lowest BCUT2D eigenvalue weighted by atomic mass is 10.1. The standard InChI is InChI=1S/C13H18N2O2S/c1-18(16,17)8-2-6-14-10-11-3-4-13-12(9-11)5-7-15-13/h3-5,7,9,14-15H,2,6,8,10H2,1H3.